The Labute approximate surface area is 264 Å². The summed E-state index contributed by atoms with van der Waals surface area (Å²) < 4.78 is 0. The zero-order valence-corrected chi connectivity index (χ0v) is 24.7. The Balaban J connectivity index is 1.66. The molecule has 0 heterocycles. The smallest absolute Gasteiger partial charge is 0.192 e. The van der Waals surface area contributed by atoms with Crippen LogP contribution in [0.15, 0.2) is 188 Å². The van der Waals surface area contributed by atoms with E-state index < -0.39 is 5.41 Å². The molecule has 45 heavy (non-hydrogen) atoms. The lowest BCUT2D eigenvalue weighted by Gasteiger charge is -2.35. The minimum atomic E-state index is -0.872. The highest BCUT2D eigenvalue weighted by Crippen LogP contribution is 2.68. The second-order valence-corrected chi connectivity index (χ2v) is 11.5. The van der Waals surface area contributed by atoms with Gasteiger partial charge in [0.2, 0.25) is 0 Å². The van der Waals surface area contributed by atoms with Gasteiger partial charge >= 0.3 is 0 Å². The van der Waals surface area contributed by atoms with Gasteiger partial charge in [0.25, 0.3) is 0 Å². The molecule has 1 atom stereocenters. The number of Topliss-reactive ketones (excluding diaryl/α,β-unsaturated/α-hetero) is 1. The molecule has 1 nitrogen and oxygen atoms in total. The second kappa shape index (κ2) is 11.0. The van der Waals surface area contributed by atoms with Crippen LogP contribution in [0.4, 0.5) is 0 Å². The van der Waals surface area contributed by atoms with Crippen LogP contribution in [0.3, 0.4) is 0 Å². The molecule has 2 aliphatic rings. The summed E-state index contributed by atoms with van der Waals surface area (Å²) in [6.45, 7) is 0. The molecule has 0 radical (unpaired) electrons. The van der Waals surface area contributed by atoms with Crippen LogP contribution in [0.25, 0.3) is 27.9 Å². The van der Waals surface area contributed by atoms with E-state index in [9.17, 15) is 0 Å². The number of ketones is 1. The number of allylic oxidation sites excluding steroid dienone is 6. The van der Waals surface area contributed by atoms with Crippen molar-refractivity contribution < 1.29 is 4.79 Å². The van der Waals surface area contributed by atoms with Gasteiger partial charge in [-0.15, -0.1) is 0 Å². The maximum atomic E-state index is 15.5. The van der Waals surface area contributed by atoms with Crippen molar-refractivity contribution in [2.24, 2.45) is 0 Å². The zero-order chi connectivity index (χ0) is 30.2. The molecule has 8 rings (SSSR count). The molecule has 2 aliphatic carbocycles. The molecule has 0 aromatic heterocycles. The van der Waals surface area contributed by atoms with Gasteiger partial charge in [0.15, 0.2) is 5.78 Å². The van der Waals surface area contributed by atoms with Gasteiger partial charge < -0.3 is 0 Å². The van der Waals surface area contributed by atoms with Gasteiger partial charge in [0.05, 0.1) is 5.41 Å². The van der Waals surface area contributed by atoms with Crippen LogP contribution in [0.5, 0.6) is 0 Å². The van der Waals surface area contributed by atoms with Gasteiger partial charge in [0.1, 0.15) is 0 Å². The molecule has 0 saturated heterocycles. The highest BCUT2D eigenvalue weighted by molar-refractivity contribution is 6.50. The summed E-state index contributed by atoms with van der Waals surface area (Å²) in [4.78, 5) is 15.5. The standard InChI is InChI=1S/C44H30O/c45-43-39(33-23-11-3-12-24-33)41(35-27-15-5-16-28-35)44(36-29-17-6-18-30-36)40(34-25-13-4-14-26-34)37(31-19-7-1-8-20-31)38(42(43)44)32-21-9-2-10-22-32/h1-30H/t44-/m1/s1. The van der Waals surface area contributed by atoms with Crippen LogP contribution in [0.1, 0.15) is 33.4 Å². The van der Waals surface area contributed by atoms with E-state index in [4.69, 9.17) is 0 Å². The minimum absolute atomic E-state index is 0.0714. The summed E-state index contributed by atoms with van der Waals surface area (Å²) in [6, 6.07) is 63.1. The van der Waals surface area contributed by atoms with E-state index in [1.807, 2.05) is 30.3 Å². The Bertz CT molecular complexity index is 2110. The summed E-state index contributed by atoms with van der Waals surface area (Å²) in [5.41, 5.74) is 11.2. The van der Waals surface area contributed by atoms with Crippen molar-refractivity contribution in [2.45, 2.75) is 5.41 Å². The SMILES string of the molecule is O=C1C(c2ccccc2)=C(c2ccccc2)[C@]2(c3ccccc3)C1=C(c1ccccc1)C(c1ccccc1)=C2c1ccccc1. The lowest BCUT2D eigenvalue weighted by atomic mass is 9.64. The van der Waals surface area contributed by atoms with Crippen molar-refractivity contribution in [3.63, 3.8) is 0 Å². The van der Waals surface area contributed by atoms with E-state index in [1.54, 1.807) is 0 Å². The van der Waals surface area contributed by atoms with Gasteiger partial charge in [-0.3, -0.25) is 4.79 Å². The summed E-state index contributed by atoms with van der Waals surface area (Å²) in [5, 5.41) is 0. The number of rotatable bonds is 6. The first-order chi connectivity index (χ1) is 22.3. The van der Waals surface area contributed by atoms with Gasteiger partial charge in [-0.05, 0) is 55.7 Å². The van der Waals surface area contributed by atoms with Crippen molar-refractivity contribution in [3.8, 4) is 0 Å². The van der Waals surface area contributed by atoms with E-state index in [1.165, 1.54) is 0 Å². The van der Waals surface area contributed by atoms with Gasteiger partial charge in [-0.2, -0.15) is 0 Å². The first-order valence-electron chi connectivity index (χ1n) is 15.4. The highest BCUT2D eigenvalue weighted by atomic mass is 16.1. The number of benzene rings is 6. The van der Waals surface area contributed by atoms with E-state index in [2.05, 4.69) is 152 Å². The van der Waals surface area contributed by atoms with Gasteiger partial charge in [0, 0.05) is 11.1 Å². The van der Waals surface area contributed by atoms with Crippen molar-refractivity contribution in [3.05, 3.63) is 221 Å². The van der Waals surface area contributed by atoms with E-state index in [-0.39, 0.29) is 5.78 Å². The molecule has 6 aromatic rings. The fraction of sp³-hybridized carbons (Fsp3) is 0.0227. The molecule has 6 aromatic carbocycles. The lowest BCUT2D eigenvalue weighted by Crippen LogP contribution is -2.29. The topological polar surface area (TPSA) is 17.1 Å². The fourth-order valence-corrected chi connectivity index (χ4v) is 7.43. The van der Waals surface area contributed by atoms with E-state index in [0.717, 1.165) is 66.8 Å². The Morgan fingerprint density at radius 1 is 0.289 bits per heavy atom. The summed E-state index contributed by atoms with van der Waals surface area (Å²) in [7, 11) is 0. The molecule has 0 spiro atoms. The maximum absolute atomic E-state index is 15.5. The minimum Gasteiger partial charge on any atom is -0.289 e. The zero-order valence-electron chi connectivity index (χ0n) is 24.7. The number of carbonyl (C=O) groups excluding carboxylic acids is 1. The van der Waals surface area contributed by atoms with E-state index in [0.29, 0.717) is 0 Å². The molecule has 0 saturated carbocycles. The Kier molecular flexibility index (Phi) is 6.58. The van der Waals surface area contributed by atoms with Crippen molar-refractivity contribution in [2.75, 3.05) is 0 Å². The van der Waals surface area contributed by atoms with Crippen molar-refractivity contribution in [1.29, 1.82) is 0 Å². The number of hydrogen-bond acceptors (Lipinski definition) is 1. The monoisotopic (exact) mass is 574 g/mol. The Hall–Kier alpha value is -5.79. The highest BCUT2D eigenvalue weighted by Gasteiger charge is 2.59. The molecule has 0 aliphatic heterocycles. The van der Waals surface area contributed by atoms with Gasteiger partial charge in [-0.25, -0.2) is 0 Å². The fourth-order valence-electron chi connectivity index (χ4n) is 7.43. The average Bonchev–Trinajstić information content (AvgIpc) is 3.58. The third kappa shape index (κ3) is 4.12. The normalized spacial score (nSPS) is 17.6. The number of hydrogen-bond donors (Lipinski definition) is 0. The van der Waals surface area contributed by atoms with Crippen molar-refractivity contribution >= 4 is 33.6 Å². The van der Waals surface area contributed by atoms with Crippen LogP contribution in [-0.2, 0) is 10.2 Å². The summed E-state index contributed by atoms with van der Waals surface area (Å²) in [5.74, 6) is 0.0714. The molecule has 0 fully saturated rings. The van der Waals surface area contributed by atoms with Crippen LogP contribution < -0.4 is 0 Å². The largest absolute Gasteiger partial charge is 0.289 e. The first kappa shape index (κ1) is 26.8. The predicted molar refractivity (Wildman–Crippen MR) is 186 cm³/mol. The molecule has 1 heteroatoms. The quantitative estimate of drug-likeness (QED) is 0.193. The number of carbonyl (C=O) groups is 1. The third-order valence-corrected chi connectivity index (χ3v) is 9.10. The summed E-state index contributed by atoms with van der Waals surface area (Å²) >= 11 is 0. The Morgan fingerprint density at radius 2 is 0.578 bits per heavy atom. The molecular weight excluding hydrogens is 544 g/mol. The molecule has 0 unspecified atom stereocenters. The first-order valence-corrected chi connectivity index (χ1v) is 15.4. The van der Waals surface area contributed by atoms with Crippen LogP contribution >= 0.6 is 0 Å². The van der Waals surface area contributed by atoms with E-state index >= 15 is 4.79 Å². The third-order valence-electron chi connectivity index (χ3n) is 9.10. The predicted octanol–water partition coefficient (Wildman–Crippen LogP) is 10.2. The van der Waals surface area contributed by atoms with Gasteiger partial charge in [-0.1, -0.05) is 182 Å². The molecule has 212 valence electrons. The van der Waals surface area contributed by atoms with Crippen LogP contribution in [0, 0.1) is 0 Å². The summed E-state index contributed by atoms with van der Waals surface area (Å²) in [6.07, 6.45) is 0. The molecule has 0 amide bonds. The van der Waals surface area contributed by atoms with Crippen molar-refractivity contribution in [1.82, 2.24) is 0 Å². The number of fused-ring (bicyclic) bond motifs is 1. The lowest BCUT2D eigenvalue weighted by molar-refractivity contribution is -0.110. The molecular formula is C44H30O. The molecule has 0 bridgehead atoms. The average molecular weight is 575 g/mol. The Morgan fingerprint density at radius 3 is 0.978 bits per heavy atom. The van der Waals surface area contributed by atoms with Crippen LogP contribution in [0.2, 0.25) is 0 Å². The van der Waals surface area contributed by atoms with Crippen LogP contribution in [-0.4, -0.2) is 5.78 Å². The maximum Gasteiger partial charge on any atom is 0.192 e. The second-order valence-electron chi connectivity index (χ2n) is 11.5. The molecule has 0 N–H and O–H groups in total.